The van der Waals surface area contributed by atoms with Gasteiger partial charge in [-0.25, -0.2) is 0 Å². The Labute approximate surface area is 168 Å². The Kier molecular flexibility index (Phi) is 7.06. The van der Waals surface area contributed by atoms with Gasteiger partial charge in [-0.1, -0.05) is 48.5 Å². The van der Waals surface area contributed by atoms with Crippen molar-refractivity contribution in [2.45, 2.75) is 32.5 Å². The molecule has 0 spiro atoms. The number of nitrogens with one attached hydrogen (secondary N) is 1. The second kappa shape index (κ2) is 9.71. The molecule has 1 N–H and O–H groups in total. The Morgan fingerprint density at radius 1 is 1.00 bits per heavy atom. The first-order valence-corrected chi connectivity index (χ1v) is 10.0. The topological polar surface area (TPSA) is 44.8 Å². The van der Waals surface area contributed by atoms with Crippen molar-refractivity contribution in [3.63, 3.8) is 0 Å². The minimum Gasteiger partial charge on any atom is -0.496 e. The fourth-order valence-electron chi connectivity index (χ4n) is 3.75. The van der Waals surface area contributed by atoms with Crippen LogP contribution in [0.15, 0.2) is 54.6 Å². The summed E-state index contributed by atoms with van der Waals surface area (Å²) in [7, 11) is 1.66. The van der Waals surface area contributed by atoms with Crippen molar-refractivity contribution in [2.75, 3.05) is 33.3 Å². The van der Waals surface area contributed by atoms with Gasteiger partial charge in [0.25, 0.3) is 0 Å². The molecule has 2 atom stereocenters. The molecule has 1 amide bonds. The second-order valence-electron chi connectivity index (χ2n) is 7.45. The summed E-state index contributed by atoms with van der Waals surface area (Å²) in [6, 6.07) is 18.1. The summed E-state index contributed by atoms with van der Waals surface area (Å²) in [5.74, 6) is 0.868. The van der Waals surface area contributed by atoms with Crippen LogP contribution in [0.3, 0.4) is 0 Å². The standard InChI is InChI=1S/C23H31N3O2/c1-18(21-11-7-8-12-22(21)28-3)24-23(27)19(2)26-15-13-25(14-16-26)17-20-9-5-4-6-10-20/h4-12,18-19H,13-17H2,1-3H3,(H,24,27). The van der Waals surface area contributed by atoms with Gasteiger partial charge in [-0.3, -0.25) is 14.6 Å². The van der Waals surface area contributed by atoms with Gasteiger partial charge in [-0.05, 0) is 25.5 Å². The molecule has 5 heteroatoms. The number of para-hydroxylation sites is 1. The van der Waals surface area contributed by atoms with E-state index < -0.39 is 0 Å². The number of amides is 1. The van der Waals surface area contributed by atoms with Gasteiger partial charge in [0.15, 0.2) is 0 Å². The fraction of sp³-hybridized carbons (Fsp3) is 0.435. The molecule has 3 rings (SSSR count). The van der Waals surface area contributed by atoms with E-state index in [1.807, 2.05) is 44.2 Å². The molecule has 1 aliphatic heterocycles. The van der Waals surface area contributed by atoms with Gasteiger partial charge in [0.2, 0.25) is 5.91 Å². The Bertz CT molecular complexity index is 757. The van der Waals surface area contributed by atoms with Crippen molar-refractivity contribution < 1.29 is 9.53 Å². The molecule has 1 saturated heterocycles. The van der Waals surface area contributed by atoms with Crippen molar-refractivity contribution in [3.05, 3.63) is 65.7 Å². The lowest BCUT2D eigenvalue weighted by molar-refractivity contribution is -0.127. The highest BCUT2D eigenvalue weighted by Gasteiger charge is 2.26. The average Bonchev–Trinajstić information content (AvgIpc) is 2.74. The summed E-state index contributed by atoms with van der Waals surface area (Å²) >= 11 is 0. The zero-order chi connectivity index (χ0) is 19.9. The molecule has 1 fully saturated rings. The van der Waals surface area contributed by atoms with Crippen LogP contribution in [-0.4, -0.2) is 55.0 Å². The van der Waals surface area contributed by atoms with Crippen molar-refractivity contribution >= 4 is 5.91 Å². The van der Waals surface area contributed by atoms with E-state index in [9.17, 15) is 4.79 Å². The van der Waals surface area contributed by atoms with Gasteiger partial charge in [0.1, 0.15) is 5.75 Å². The van der Waals surface area contributed by atoms with Gasteiger partial charge < -0.3 is 10.1 Å². The van der Waals surface area contributed by atoms with E-state index in [1.54, 1.807) is 7.11 Å². The summed E-state index contributed by atoms with van der Waals surface area (Å²) < 4.78 is 5.42. The summed E-state index contributed by atoms with van der Waals surface area (Å²) in [6.07, 6.45) is 0. The summed E-state index contributed by atoms with van der Waals surface area (Å²) in [4.78, 5) is 17.5. The van der Waals surface area contributed by atoms with E-state index in [0.717, 1.165) is 44.0 Å². The zero-order valence-corrected chi connectivity index (χ0v) is 17.1. The van der Waals surface area contributed by atoms with Crippen LogP contribution in [0.4, 0.5) is 0 Å². The quantitative estimate of drug-likeness (QED) is 0.801. The van der Waals surface area contributed by atoms with Gasteiger partial charge >= 0.3 is 0 Å². The third kappa shape index (κ3) is 5.12. The van der Waals surface area contributed by atoms with E-state index in [2.05, 4.69) is 39.4 Å². The lowest BCUT2D eigenvalue weighted by Gasteiger charge is -2.37. The van der Waals surface area contributed by atoms with Crippen LogP contribution in [-0.2, 0) is 11.3 Å². The van der Waals surface area contributed by atoms with Crippen LogP contribution < -0.4 is 10.1 Å². The normalized spacial score (nSPS) is 17.7. The van der Waals surface area contributed by atoms with E-state index >= 15 is 0 Å². The molecule has 28 heavy (non-hydrogen) atoms. The van der Waals surface area contributed by atoms with Gasteiger partial charge in [0, 0.05) is 38.3 Å². The molecule has 2 aromatic rings. The number of benzene rings is 2. The zero-order valence-electron chi connectivity index (χ0n) is 17.1. The summed E-state index contributed by atoms with van der Waals surface area (Å²) in [6.45, 7) is 8.75. The van der Waals surface area contributed by atoms with Crippen molar-refractivity contribution in [1.29, 1.82) is 0 Å². The molecule has 0 radical (unpaired) electrons. The number of nitrogens with zero attached hydrogens (tertiary/aromatic N) is 2. The van der Waals surface area contributed by atoms with Crippen LogP contribution >= 0.6 is 0 Å². The predicted octanol–water partition coefficient (Wildman–Crippen LogP) is 3.08. The monoisotopic (exact) mass is 381 g/mol. The number of hydrogen-bond acceptors (Lipinski definition) is 4. The number of rotatable bonds is 7. The maximum Gasteiger partial charge on any atom is 0.237 e. The molecule has 2 aromatic carbocycles. The molecule has 0 aliphatic carbocycles. The predicted molar refractivity (Wildman–Crippen MR) is 112 cm³/mol. The highest BCUT2D eigenvalue weighted by molar-refractivity contribution is 5.81. The first kappa shape index (κ1) is 20.4. The number of carbonyl (C=O) groups excluding carboxylic acids is 1. The van der Waals surface area contributed by atoms with Crippen molar-refractivity contribution in [2.24, 2.45) is 0 Å². The second-order valence-corrected chi connectivity index (χ2v) is 7.45. The molecule has 150 valence electrons. The molecular weight excluding hydrogens is 350 g/mol. The minimum absolute atomic E-state index is 0.0647. The van der Waals surface area contributed by atoms with Gasteiger partial charge in [-0.15, -0.1) is 0 Å². The number of methoxy groups -OCH3 is 1. The Hall–Kier alpha value is -2.37. The molecule has 0 saturated carbocycles. The SMILES string of the molecule is COc1ccccc1C(C)NC(=O)C(C)N1CCN(Cc2ccccc2)CC1. The first-order valence-electron chi connectivity index (χ1n) is 10.0. The minimum atomic E-state index is -0.143. The number of piperazine rings is 1. The van der Waals surface area contributed by atoms with Gasteiger partial charge in [0.05, 0.1) is 19.2 Å². The smallest absolute Gasteiger partial charge is 0.237 e. The molecule has 0 bridgehead atoms. The number of carbonyl (C=O) groups is 1. The van der Waals surface area contributed by atoms with E-state index in [0.29, 0.717) is 0 Å². The summed E-state index contributed by atoms with van der Waals surface area (Å²) in [5.41, 5.74) is 2.34. The lowest BCUT2D eigenvalue weighted by atomic mass is 10.1. The van der Waals surface area contributed by atoms with Crippen LogP contribution in [0.25, 0.3) is 0 Å². The Balaban J connectivity index is 1.50. The number of hydrogen-bond donors (Lipinski definition) is 1. The van der Waals surface area contributed by atoms with Crippen LogP contribution in [0, 0.1) is 0 Å². The Morgan fingerprint density at radius 2 is 1.64 bits per heavy atom. The van der Waals surface area contributed by atoms with Crippen LogP contribution in [0.2, 0.25) is 0 Å². The van der Waals surface area contributed by atoms with Crippen molar-refractivity contribution in [3.8, 4) is 5.75 Å². The van der Waals surface area contributed by atoms with Gasteiger partial charge in [-0.2, -0.15) is 0 Å². The molecule has 1 aliphatic rings. The number of ether oxygens (including phenoxy) is 1. The van der Waals surface area contributed by atoms with E-state index in [4.69, 9.17) is 4.74 Å². The van der Waals surface area contributed by atoms with Crippen LogP contribution in [0.1, 0.15) is 31.0 Å². The molecule has 0 aromatic heterocycles. The maximum atomic E-state index is 12.8. The third-order valence-electron chi connectivity index (χ3n) is 5.55. The third-order valence-corrected chi connectivity index (χ3v) is 5.55. The maximum absolute atomic E-state index is 12.8. The average molecular weight is 382 g/mol. The van der Waals surface area contributed by atoms with Crippen molar-refractivity contribution in [1.82, 2.24) is 15.1 Å². The fourth-order valence-corrected chi connectivity index (χ4v) is 3.75. The molecule has 1 heterocycles. The molecular formula is C23H31N3O2. The van der Waals surface area contributed by atoms with Crippen LogP contribution in [0.5, 0.6) is 5.75 Å². The highest BCUT2D eigenvalue weighted by atomic mass is 16.5. The molecule has 2 unspecified atom stereocenters. The molecule has 5 nitrogen and oxygen atoms in total. The van der Waals surface area contributed by atoms with E-state index in [1.165, 1.54) is 5.56 Å². The lowest BCUT2D eigenvalue weighted by Crippen LogP contribution is -2.53. The first-order chi connectivity index (χ1) is 13.6. The van der Waals surface area contributed by atoms with E-state index in [-0.39, 0.29) is 18.0 Å². The highest BCUT2D eigenvalue weighted by Crippen LogP contribution is 2.24. The summed E-state index contributed by atoms with van der Waals surface area (Å²) in [5, 5.41) is 3.14. The largest absolute Gasteiger partial charge is 0.496 e. The Morgan fingerprint density at radius 3 is 2.32 bits per heavy atom.